The van der Waals surface area contributed by atoms with E-state index in [4.69, 9.17) is 21.4 Å². The van der Waals surface area contributed by atoms with Crippen molar-refractivity contribution in [2.75, 3.05) is 0 Å². The van der Waals surface area contributed by atoms with E-state index in [1.165, 1.54) is 6.92 Å². The molecule has 1 aromatic rings. The number of carboxylic acid groups (broad SMARTS) is 1. The molecule has 0 aliphatic rings. The molecular formula is C10H10BrClO3. The zero-order chi connectivity index (χ0) is 11.4. The Morgan fingerprint density at radius 1 is 1.60 bits per heavy atom. The Kier molecular flexibility index (Phi) is 4.42. The molecule has 15 heavy (non-hydrogen) atoms. The van der Waals surface area contributed by atoms with Gasteiger partial charge in [-0.05, 0) is 30.7 Å². The maximum Gasteiger partial charge on any atom is 0.344 e. The Labute approximate surface area is 101 Å². The van der Waals surface area contributed by atoms with Gasteiger partial charge in [-0.2, -0.15) is 0 Å². The fourth-order valence-electron chi connectivity index (χ4n) is 1.02. The molecule has 1 rings (SSSR count). The molecule has 0 bridgehead atoms. The van der Waals surface area contributed by atoms with E-state index < -0.39 is 12.1 Å². The Morgan fingerprint density at radius 3 is 2.80 bits per heavy atom. The third-order valence-electron chi connectivity index (χ3n) is 1.75. The number of carboxylic acids is 1. The Balaban J connectivity index is 2.85. The smallest absolute Gasteiger partial charge is 0.344 e. The molecule has 0 amide bonds. The van der Waals surface area contributed by atoms with E-state index in [0.717, 1.165) is 5.56 Å². The number of benzene rings is 1. The van der Waals surface area contributed by atoms with Gasteiger partial charge in [-0.1, -0.05) is 27.5 Å². The van der Waals surface area contributed by atoms with E-state index in [1.807, 2.05) is 0 Å². The maximum atomic E-state index is 10.6. The minimum Gasteiger partial charge on any atom is -0.479 e. The quantitative estimate of drug-likeness (QED) is 0.868. The Bertz CT molecular complexity index is 368. The summed E-state index contributed by atoms with van der Waals surface area (Å²) in [6.45, 7) is 1.47. The summed E-state index contributed by atoms with van der Waals surface area (Å²) in [5, 5.41) is 9.84. The van der Waals surface area contributed by atoms with E-state index in [1.54, 1.807) is 18.2 Å². The molecule has 0 aliphatic heterocycles. The molecule has 0 spiro atoms. The summed E-state index contributed by atoms with van der Waals surface area (Å²) < 4.78 is 5.19. The third-order valence-corrected chi connectivity index (χ3v) is 2.61. The van der Waals surface area contributed by atoms with Crippen LogP contribution in [0.1, 0.15) is 12.5 Å². The van der Waals surface area contributed by atoms with Crippen LogP contribution >= 0.6 is 27.5 Å². The van der Waals surface area contributed by atoms with Crippen molar-refractivity contribution < 1.29 is 14.6 Å². The highest BCUT2D eigenvalue weighted by atomic mass is 79.9. The van der Waals surface area contributed by atoms with E-state index in [-0.39, 0.29) is 0 Å². The van der Waals surface area contributed by atoms with Crippen molar-refractivity contribution in [3.63, 3.8) is 0 Å². The molecule has 0 heterocycles. The lowest BCUT2D eigenvalue weighted by Gasteiger charge is -2.11. The van der Waals surface area contributed by atoms with Crippen molar-refractivity contribution in [3.05, 3.63) is 28.8 Å². The van der Waals surface area contributed by atoms with Crippen LogP contribution < -0.4 is 4.74 Å². The van der Waals surface area contributed by atoms with Crippen LogP contribution in [0.3, 0.4) is 0 Å². The predicted octanol–water partition coefficient (Wildman–Crippen LogP) is 3.09. The Morgan fingerprint density at radius 2 is 2.27 bits per heavy atom. The van der Waals surface area contributed by atoms with Crippen LogP contribution in [-0.2, 0) is 10.1 Å². The zero-order valence-corrected chi connectivity index (χ0v) is 10.4. The van der Waals surface area contributed by atoms with Gasteiger partial charge >= 0.3 is 5.97 Å². The number of alkyl halides is 1. The molecule has 0 saturated heterocycles. The second kappa shape index (κ2) is 5.37. The van der Waals surface area contributed by atoms with Gasteiger partial charge in [0.2, 0.25) is 0 Å². The number of aliphatic carboxylic acids is 1. The van der Waals surface area contributed by atoms with Gasteiger partial charge in [-0.25, -0.2) is 4.79 Å². The molecular weight excluding hydrogens is 283 g/mol. The zero-order valence-electron chi connectivity index (χ0n) is 8.04. The highest BCUT2D eigenvalue weighted by molar-refractivity contribution is 9.08. The topological polar surface area (TPSA) is 46.5 Å². The van der Waals surface area contributed by atoms with Crippen LogP contribution in [0.15, 0.2) is 18.2 Å². The standard InChI is InChI=1S/C10H10BrClO3/c1-6(10(13)14)15-9-3-7(5-11)2-8(12)4-9/h2-4,6H,5H2,1H3,(H,13,14). The van der Waals surface area contributed by atoms with E-state index in [9.17, 15) is 4.79 Å². The number of halogens is 2. The SMILES string of the molecule is CC(Oc1cc(Cl)cc(CBr)c1)C(=O)O. The van der Waals surface area contributed by atoms with Crippen molar-refractivity contribution in [2.45, 2.75) is 18.4 Å². The molecule has 0 aromatic heterocycles. The number of hydrogen-bond donors (Lipinski definition) is 1. The second-order valence-corrected chi connectivity index (χ2v) is 4.02. The van der Waals surface area contributed by atoms with Gasteiger partial charge in [0.15, 0.2) is 6.10 Å². The highest BCUT2D eigenvalue weighted by Crippen LogP contribution is 2.23. The first-order valence-corrected chi connectivity index (χ1v) is 5.77. The van der Waals surface area contributed by atoms with Gasteiger partial charge in [-0.15, -0.1) is 0 Å². The van der Waals surface area contributed by atoms with Crippen LogP contribution in [0.2, 0.25) is 5.02 Å². The molecule has 0 fully saturated rings. The average Bonchev–Trinajstić information content (AvgIpc) is 2.16. The molecule has 1 unspecified atom stereocenters. The molecule has 3 nitrogen and oxygen atoms in total. The van der Waals surface area contributed by atoms with E-state index in [2.05, 4.69) is 15.9 Å². The van der Waals surface area contributed by atoms with Crippen LogP contribution in [0.25, 0.3) is 0 Å². The summed E-state index contributed by atoms with van der Waals surface area (Å²) in [4.78, 5) is 10.6. The normalized spacial score (nSPS) is 12.2. The van der Waals surface area contributed by atoms with E-state index >= 15 is 0 Å². The van der Waals surface area contributed by atoms with Crippen LogP contribution in [-0.4, -0.2) is 17.2 Å². The van der Waals surface area contributed by atoms with Crippen molar-refractivity contribution >= 4 is 33.5 Å². The van der Waals surface area contributed by atoms with Gasteiger partial charge in [0.1, 0.15) is 5.75 Å². The Hall–Kier alpha value is -0.740. The largest absolute Gasteiger partial charge is 0.479 e. The fraction of sp³-hybridized carbons (Fsp3) is 0.300. The van der Waals surface area contributed by atoms with E-state index in [0.29, 0.717) is 16.1 Å². The molecule has 5 heteroatoms. The summed E-state index contributed by atoms with van der Waals surface area (Å²) in [7, 11) is 0. The van der Waals surface area contributed by atoms with Crippen molar-refractivity contribution in [2.24, 2.45) is 0 Å². The number of carbonyl (C=O) groups is 1. The molecule has 0 radical (unpaired) electrons. The van der Waals surface area contributed by atoms with Gasteiger partial charge in [0, 0.05) is 10.4 Å². The second-order valence-electron chi connectivity index (χ2n) is 3.03. The van der Waals surface area contributed by atoms with Crippen molar-refractivity contribution in [1.29, 1.82) is 0 Å². The van der Waals surface area contributed by atoms with Crippen molar-refractivity contribution in [1.82, 2.24) is 0 Å². The number of ether oxygens (including phenoxy) is 1. The number of hydrogen-bond acceptors (Lipinski definition) is 2. The lowest BCUT2D eigenvalue weighted by molar-refractivity contribution is -0.144. The first-order valence-electron chi connectivity index (χ1n) is 4.28. The van der Waals surface area contributed by atoms with Gasteiger partial charge < -0.3 is 9.84 Å². The van der Waals surface area contributed by atoms with Crippen molar-refractivity contribution in [3.8, 4) is 5.75 Å². The predicted molar refractivity (Wildman–Crippen MR) is 61.8 cm³/mol. The lowest BCUT2D eigenvalue weighted by Crippen LogP contribution is -2.22. The molecule has 1 N–H and O–H groups in total. The van der Waals surface area contributed by atoms with Gasteiger partial charge in [-0.3, -0.25) is 0 Å². The summed E-state index contributed by atoms with van der Waals surface area (Å²) in [5.41, 5.74) is 0.940. The average molecular weight is 294 g/mol. The maximum absolute atomic E-state index is 10.6. The molecule has 1 aromatic carbocycles. The summed E-state index contributed by atoms with van der Waals surface area (Å²) in [6, 6.07) is 5.13. The monoisotopic (exact) mass is 292 g/mol. The first kappa shape index (κ1) is 12.3. The molecule has 0 aliphatic carbocycles. The number of rotatable bonds is 4. The van der Waals surface area contributed by atoms with Crippen LogP contribution in [0.4, 0.5) is 0 Å². The molecule has 0 saturated carbocycles. The molecule has 1 atom stereocenters. The minimum absolute atomic E-state index is 0.465. The van der Waals surface area contributed by atoms with Crippen LogP contribution in [0.5, 0.6) is 5.75 Å². The summed E-state index contributed by atoms with van der Waals surface area (Å²) in [5.74, 6) is -0.540. The minimum atomic E-state index is -1.00. The lowest BCUT2D eigenvalue weighted by atomic mass is 10.2. The third kappa shape index (κ3) is 3.72. The van der Waals surface area contributed by atoms with Crippen LogP contribution in [0, 0.1) is 0 Å². The van der Waals surface area contributed by atoms with Gasteiger partial charge in [0.25, 0.3) is 0 Å². The summed E-state index contributed by atoms with van der Waals surface area (Å²) in [6.07, 6.45) is -0.883. The highest BCUT2D eigenvalue weighted by Gasteiger charge is 2.12. The van der Waals surface area contributed by atoms with Gasteiger partial charge in [0.05, 0.1) is 0 Å². The first-order chi connectivity index (χ1) is 7.02. The molecule has 82 valence electrons. The summed E-state index contributed by atoms with van der Waals surface area (Å²) >= 11 is 9.13. The fourth-order valence-corrected chi connectivity index (χ4v) is 1.59.